The fraction of sp³-hybridized carbons (Fsp3) is 0.545. The van der Waals surface area contributed by atoms with Gasteiger partial charge in [-0.3, -0.25) is 4.79 Å². The van der Waals surface area contributed by atoms with Crippen LogP contribution in [-0.2, 0) is 11.2 Å². The van der Waals surface area contributed by atoms with Gasteiger partial charge in [0.15, 0.2) is 5.60 Å². The van der Waals surface area contributed by atoms with Crippen molar-refractivity contribution in [3.8, 4) is 0 Å². The largest absolute Gasteiger partial charge is 0.374 e. The van der Waals surface area contributed by atoms with Crippen LogP contribution >= 0.6 is 0 Å². The highest BCUT2D eigenvalue weighted by atomic mass is 16.3. The molecule has 2 heterocycles. The predicted octanol–water partition coefficient (Wildman–Crippen LogP) is 0.215. The van der Waals surface area contributed by atoms with Crippen molar-refractivity contribution in [2.75, 3.05) is 0 Å². The van der Waals surface area contributed by atoms with Crippen LogP contribution in [0.4, 0.5) is 0 Å². The predicted molar refractivity (Wildman–Crippen MR) is 62.3 cm³/mol. The number of carbonyl (C=O) groups is 1. The first-order valence-electron chi connectivity index (χ1n) is 5.59. The number of rotatable bonds is 4. The Morgan fingerprint density at radius 2 is 2.29 bits per heavy atom. The smallest absolute Gasteiger partial charge is 0.278 e. The van der Waals surface area contributed by atoms with E-state index in [4.69, 9.17) is 0 Å². The van der Waals surface area contributed by atoms with E-state index in [1.807, 2.05) is 13.8 Å². The molecule has 0 aromatic carbocycles. The van der Waals surface area contributed by atoms with E-state index in [0.717, 1.165) is 0 Å². The van der Waals surface area contributed by atoms with Crippen molar-refractivity contribution < 1.29 is 9.90 Å². The summed E-state index contributed by atoms with van der Waals surface area (Å²) in [4.78, 5) is 18.4. The number of amides is 1. The van der Waals surface area contributed by atoms with E-state index in [2.05, 4.69) is 20.5 Å². The zero-order valence-electron chi connectivity index (χ0n) is 9.90. The summed E-state index contributed by atoms with van der Waals surface area (Å²) in [5, 5.41) is 14.4. The SMILES string of the molecule is CC(C)CC1=NNC(=O)C1(O)Cc1cnc[nH]1. The first-order valence-corrected chi connectivity index (χ1v) is 5.59. The summed E-state index contributed by atoms with van der Waals surface area (Å²) in [5.41, 5.74) is 2.00. The summed E-state index contributed by atoms with van der Waals surface area (Å²) >= 11 is 0. The minimum absolute atomic E-state index is 0.171. The van der Waals surface area contributed by atoms with Crippen LogP contribution in [-0.4, -0.2) is 32.3 Å². The minimum atomic E-state index is -1.54. The van der Waals surface area contributed by atoms with Gasteiger partial charge in [0, 0.05) is 18.3 Å². The Balaban J connectivity index is 2.20. The molecule has 0 spiro atoms. The summed E-state index contributed by atoms with van der Waals surface area (Å²) < 4.78 is 0. The number of H-pyrrole nitrogens is 1. The highest BCUT2D eigenvalue weighted by Gasteiger charge is 2.45. The quantitative estimate of drug-likeness (QED) is 0.698. The lowest BCUT2D eigenvalue weighted by molar-refractivity contribution is -0.131. The van der Waals surface area contributed by atoms with E-state index in [1.165, 1.54) is 6.33 Å². The Kier molecular flexibility index (Phi) is 2.97. The highest BCUT2D eigenvalue weighted by Crippen LogP contribution is 2.22. The number of imidazole rings is 1. The van der Waals surface area contributed by atoms with Gasteiger partial charge in [0.25, 0.3) is 5.91 Å². The van der Waals surface area contributed by atoms with Gasteiger partial charge in [-0.2, -0.15) is 5.10 Å². The Morgan fingerprint density at radius 3 is 2.88 bits per heavy atom. The van der Waals surface area contributed by atoms with Gasteiger partial charge in [0.1, 0.15) is 0 Å². The Labute approximate surface area is 99.1 Å². The van der Waals surface area contributed by atoms with Gasteiger partial charge < -0.3 is 10.1 Å². The summed E-state index contributed by atoms with van der Waals surface area (Å²) in [6, 6.07) is 0. The van der Waals surface area contributed by atoms with Crippen molar-refractivity contribution in [2.45, 2.75) is 32.3 Å². The van der Waals surface area contributed by atoms with Crippen LogP contribution in [0.25, 0.3) is 0 Å². The van der Waals surface area contributed by atoms with E-state index in [-0.39, 0.29) is 6.42 Å². The molecule has 0 fully saturated rings. The Hall–Kier alpha value is -1.69. The molecule has 3 N–H and O–H groups in total. The van der Waals surface area contributed by atoms with E-state index in [9.17, 15) is 9.90 Å². The van der Waals surface area contributed by atoms with Gasteiger partial charge in [-0.05, 0) is 12.3 Å². The molecule has 92 valence electrons. The molecule has 0 aliphatic carbocycles. The fourth-order valence-electron chi connectivity index (χ4n) is 1.87. The zero-order chi connectivity index (χ0) is 12.5. The monoisotopic (exact) mass is 236 g/mol. The average Bonchev–Trinajstić information content (AvgIpc) is 2.82. The molecular weight excluding hydrogens is 220 g/mol. The third-order valence-electron chi connectivity index (χ3n) is 2.75. The molecule has 1 aliphatic rings. The second-order valence-electron chi connectivity index (χ2n) is 4.71. The summed E-state index contributed by atoms with van der Waals surface area (Å²) in [6.45, 7) is 4.03. The lowest BCUT2D eigenvalue weighted by Gasteiger charge is -2.21. The maximum absolute atomic E-state index is 11.7. The highest BCUT2D eigenvalue weighted by molar-refractivity contribution is 6.15. The topological polar surface area (TPSA) is 90.4 Å². The van der Waals surface area contributed by atoms with Crippen LogP contribution in [0.15, 0.2) is 17.6 Å². The molecule has 2 rings (SSSR count). The average molecular weight is 236 g/mol. The molecule has 1 atom stereocenters. The molecule has 0 bridgehead atoms. The molecule has 1 aliphatic heterocycles. The zero-order valence-corrected chi connectivity index (χ0v) is 9.90. The van der Waals surface area contributed by atoms with E-state index < -0.39 is 11.5 Å². The van der Waals surface area contributed by atoms with Crippen molar-refractivity contribution in [2.24, 2.45) is 11.0 Å². The fourth-order valence-corrected chi connectivity index (χ4v) is 1.87. The first kappa shape index (κ1) is 11.8. The van der Waals surface area contributed by atoms with Crippen molar-refractivity contribution >= 4 is 11.6 Å². The van der Waals surface area contributed by atoms with Crippen molar-refractivity contribution in [3.05, 3.63) is 18.2 Å². The Morgan fingerprint density at radius 1 is 1.53 bits per heavy atom. The molecular formula is C11H16N4O2. The van der Waals surface area contributed by atoms with Crippen LogP contribution in [0.1, 0.15) is 26.0 Å². The number of hydrogen-bond donors (Lipinski definition) is 3. The molecule has 1 amide bonds. The maximum atomic E-state index is 11.7. The van der Waals surface area contributed by atoms with Gasteiger partial charge in [-0.25, -0.2) is 10.4 Å². The van der Waals surface area contributed by atoms with Crippen molar-refractivity contribution in [1.82, 2.24) is 15.4 Å². The summed E-state index contributed by atoms with van der Waals surface area (Å²) in [5.74, 6) is -0.141. The van der Waals surface area contributed by atoms with E-state index in [1.54, 1.807) is 6.20 Å². The molecule has 17 heavy (non-hydrogen) atoms. The second kappa shape index (κ2) is 4.29. The molecule has 0 saturated heterocycles. The number of nitrogens with zero attached hydrogens (tertiary/aromatic N) is 2. The number of aromatic nitrogens is 2. The van der Waals surface area contributed by atoms with E-state index in [0.29, 0.717) is 23.7 Å². The lowest BCUT2D eigenvalue weighted by atomic mass is 9.87. The van der Waals surface area contributed by atoms with E-state index >= 15 is 0 Å². The van der Waals surface area contributed by atoms with Gasteiger partial charge in [0.2, 0.25) is 0 Å². The summed E-state index contributed by atoms with van der Waals surface area (Å²) in [6.07, 6.45) is 3.87. The lowest BCUT2D eigenvalue weighted by Crippen LogP contribution is -2.47. The van der Waals surface area contributed by atoms with Crippen LogP contribution < -0.4 is 5.43 Å². The number of hydrazone groups is 1. The molecule has 6 nitrogen and oxygen atoms in total. The van der Waals surface area contributed by atoms with Crippen LogP contribution in [0, 0.1) is 5.92 Å². The molecule has 0 saturated carbocycles. The summed E-state index contributed by atoms with van der Waals surface area (Å²) in [7, 11) is 0. The van der Waals surface area contributed by atoms with Gasteiger partial charge in [-0.1, -0.05) is 13.8 Å². The number of hydrogen-bond acceptors (Lipinski definition) is 4. The van der Waals surface area contributed by atoms with Crippen LogP contribution in [0.3, 0.4) is 0 Å². The number of nitrogens with one attached hydrogen (secondary N) is 2. The third-order valence-corrected chi connectivity index (χ3v) is 2.75. The molecule has 0 radical (unpaired) electrons. The molecule has 1 unspecified atom stereocenters. The minimum Gasteiger partial charge on any atom is -0.374 e. The van der Waals surface area contributed by atoms with Crippen molar-refractivity contribution in [3.63, 3.8) is 0 Å². The van der Waals surface area contributed by atoms with Gasteiger partial charge in [-0.15, -0.1) is 0 Å². The molecule has 1 aromatic rings. The third kappa shape index (κ3) is 2.21. The van der Waals surface area contributed by atoms with Crippen molar-refractivity contribution in [1.29, 1.82) is 0 Å². The normalized spacial score (nSPS) is 24.0. The van der Waals surface area contributed by atoms with Crippen LogP contribution in [0.5, 0.6) is 0 Å². The molecule has 6 heteroatoms. The standard InChI is InChI=1S/C11H16N4O2/c1-7(2)3-9-11(17,10(16)15-14-9)4-8-5-12-6-13-8/h5-7,17H,3-4H2,1-2H3,(H,12,13)(H,15,16). The second-order valence-corrected chi connectivity index (χ2v) is 4.71. The first-order chi connectivity index (χ1) is 8.02. The number of carbonyl (C=O) groups excluding carboxylic acids is 1. The van der Waals surface area contributed by atoms with Gasteiger partial charge >= 0.3 is 0 Å². The van der Waals surface area contributed by atoms with Crippen LogP contribution in [0.2, 0.25) is 0 Å². The number of aliphatic hydroxyl groups is 1. The van der Waals surface area contributed by atoms with Gasteiger partial charge in [0.05, 0.1) is 12.0 Å². The Bertz CT molecular complexity index is 438. The number of aromatic amines is 1. The maximum Gasteiger partial charge on any atom is 0.278 e. The molecule has 1 aromatic heterocycles.